The van der Waals surface area contributed by atoms with E-state index in [0.717, 1.165) is 0 Å². The molecule has 10 heteroatoms. The molecular weight excluding hydrogens is 517 g/mol. The second-order valence-corrected chi connectivity index (χ2v) is 12.7. The fourth-order valence-corrected chi connectivity index (χ4v) is 6.83. The van der Waals surface area contributed by atoms with Gasteiger partial charge in [0.05, 0.1) is 17.2 Å². The van der Waals surface area contributed by atoms with Crippen LogP contribution in [-0.2, 0) is 17.8 Å². The van der Waals surface area contributed by atoms with Gasteiger partial charge in [0.1, 0.15) is 23.1 Å². The number of hydrogen-bond donors (Lipinski definition) is 5. The van der Waals surface area contributed by atoms with E-state index in [9.17, 15) is 30.0 Å². The largest absolute Gasteiger partial charge is 0.510 e. The molecule has 4 rings (SSSR count). The summed E-state index contributed by atoms with van der Waals surface area (Å²) in [6, 6.07) is 0.307. The van der Waals surface area contributed by atoms with Crippen molar-refractivity contribution in [2.75, 3.05) is 27.2 Å². The van der Waals surface area contributed by atoms with Crippen molar-refractivity contribution in [2.45, 2.75) is 58.7 Å². The van der Waals surface area contributed by atoms with Crippen LogP contribution in [-0.4, -0.2) is 80.7 Å². The van der Waals surface area contributed by atoms with E-state index in [4.69, 9.17) is 5.73 Å². The zero-order valence-corrected chi connectivity index (χ0v) is 24.0. The lowest BCUT2D eigenvalue weighted by Crippen LogP contribution is -2.60. The molecule has 0 aromatic heterocycles. The van der Waals surface area contributed by atoms with Crippen molar-refractivity contribution in [3.63, 3.8) is 0 Å². The number of phenolic OH excluding ortho intramolecular Hbond substituents is 1. The fourth-order valence-electron chi connectivity index (χ4n) is 6.83. The average Bonchev–Trinajstić information content (AvgIpc) is 2.82. The summed E-state index contributed by atoms with van der Waals surface area (Å²) in [5.41, 5.74) is 2.36. The Labute approximate surface area is 234 Å². The summed E-state index contributed by atoms with van der Waals surface area (Å²) in [5.74, 6) is -5.58. The Bertz CT molecular complexity index is 1360. The van der Waals surface area contributed by atoms with Gasteiger partial charge in [-0.1, -0.05) is 34.3 Å². The molecular formula is C30H40FN3O6. The maximum atomic E-state index is 16.0. The molecule has 0 aliphatic heterocycles. The predicted octanol–water partition coefficient (Wildman–Crippen LogP) is 3.11. The molecule has 0 heterocycles. The van der Waals surface area contributed by atoms with Crippen LogP contribution in [0.15, 0.2) is 40.9 Å². The summed E-state index contributed by atoms with van der Waals surface area (Å²) < 4.78 is 16.0. The highest BCUT2D eigenvalue weighted by atomic mass is 19.1. The summed E-state index contributed by atoms with van der Waals surface area (Å²) in [6.07, 6.45) is 0.0556. The second-order valence-electron chi connectivity index (χ2n) is 12.7. The zero-order chi connectivity index (χ0) is 30.1. The van der Waals surface area contributed by atoms with E-state index < -0.39 is 58.1 Å². The minimum atomic E-state index is -2.28. The summed E-state index contributed by atoms with van der Waals surface area (Å²) >= 11 is 0. The molecule has 3 aliphatic carbocycles. The number of likely N-dealkylation sites (N-methyl/N-ethyl adjacent to an activating group) is 1. The molecule has 9 nitrogen and oxygen atoms in total. The molecule has 1 amide bonds. The van der Waals surface area contributed by atoms with Gasteiger partial charge >= 0.3 is 0 Å². The Morgan fingerprint density at radius 1 is 1.25 bits per heavy atom. The van der Waals surface area contributed by atoms with Crippen LogP contribution in [0.2, 0.25) is 0 Å². The topological polar surface area (TPSA) is 148 Å². The molecule has 0 fully saturated rings. The molecule has 0 saturated carbocycles. The number of aromatic hydroxyl groups is 1. The number of nitrogens with two attached hydrogens (primary N) is 1. The van der Waals surface area contributed by atoms with Gasteiger partial charge in [0.2, 0.25) is 0 Å². The highest BCUT2D eigenvalue weighted by Crippen LogP contribution is 2.55. The molecule has 0 unspecified atom stereocenters. The van der Waals surface area contributed by atoms with E-state index >= 15 is 4.39 Å². The van der Waals surface area contributed by atoms with E-state index in [1.807, 2.05) is 6.92 Å². The van der Waals surface area contributed by atoms with Crippen LogP contribution in [0, 0.1) is 23.1 Å². The summed E-state index contributed by atoms with van der Waals surface area (Å²) in [5, 5.41) is 45.3. The molecule has 1 aromatic carbocycles. The number of aliphatic hydroxyl groups is 3. The first-order valence-corrected chi connectivity index (χ1v) is 13.5. The number of halogens is 1. The molecule has 4 atom stereocenters. The molecule has 3 aliphatic rings. The SMILES string of the molecule is C=C1C(C(N)=O)=C(O)[C@@H](N(C)C)[C@@H]2C[C@@H]3Cc4c(F)c(CN(CC)CC(C)(C)C)cc(O)c4C(=O)C3=C(O)[C@]12O. The Balaban J connectivity index is 1.84. The number of allylic oxidation sites excluding steroid dienone is 1. The lowest BCUT2D eigenvalue weighted by Gasteiger charge is -2.52. The van der Waals surface area contributed by atoms with Crippen LogP contribution in [0.5, 0.6) is 5.75 Å². The van der Waals surface area contributed by atoms with E-state index in [0.29, 0.717) is 13.1 Å². The third-order valence-corrected chi connectivity index (χ3v) is 8.46. The summed E-state index contributed by atoms with van der Waals surface area (Å²) in [4.78, 5) is 29.7. The lowest BCUT2D eigenvalue weighted by atomic mass is 9.57. The summed E-state index contributed by atoms with van der Waals surface area (Å²) in [6.45, 7) is 13.6. The molecule has 1 aromatic rings. The van der Waals surface area contributed by atoms with Gasteiger partial charge in [0.25, 0.3) is 5.91 Å². The van der Waals surface area contributed by atoms with Crippen molar-refractivity contribution >= 4 is 11.7 Å². The van der Waals surface area contributed by atoms with Crippen molar-refractivity contribution in [1.82, 2.24) is 9.80 Å². The van der Waals surface area contributed by atoms with Crippen LogP contribution in [0.3, 0.4) is 0 Å². The van der Waals surface area contributed by atoms with Crippen LogP contribution >= 0.6 is 0 Å². The first-order valence-electron chi connectivity index (χ1n) is 13.5. The third-order valence-electron chi connectivity index (χ3n) is 8.46. The Morgan fingerprint density at radius 3 is 2.40 bits per heavy atom. The standard InChI is InChI=1S/C30H40FN3O6/c1-8-34(13-29(3,4)5)12-16-11-19(35)22-17(23(16)31)9-15-10-18-24(33(6)7)26(37)20(28(32)39)14(2)30(18,40)27(38)21(15)25(22)36/h11,15,18,24,35,37-38,40H,2,8-10,12-13H2,1,3-7H3,(H2,32,39)/t15-,18-,24-,30-/m0/s1. The monoisotopic (exact) mass is 557 g/mol. The van der Waals surface area contributed by atoms with E-state index in [-0.39, 0.29) is 58.4 Å². The van der Waals surface area contributed by atoms with Crippen LogP contribution in [0.4, 0.5) is 4.39 Å². The zero-order valence-electron chi connectivity index (χ0n) is 24.0. The molecule has 218 valence electrons. The lowest BCUT2D eigenvalue weighted by molar-refractivity contribution is -0.115. The highest BCUT2D eigenvalue weighted by molar-refractivity contribution is 6.13. The number of aliphatic hydroxyl groups excluding tert-OH is 2. The Morgan fingerprint density at radius 2 is 1.88 bits per heavy atom. The van der Waals surface area contributed by atoms with Crippen molar-refractivity contribution in [3.8, 4) is 5.75 Å². The van der Waals surface area contributed by atoms with Gasteiger partial charge in [-0.2, -0.15) is 0 Å². The number of rotatable bonds is 6. The third kappa shape index (κ3) is 4.52. The van der Waals surface area contributed by atoms with Crippen molar-refractivity contribution in [3.05, 3.63) is 63.4 Å². The number of phenols is 1. The number of carbonyl (C=O) groups excluding carboxylic acids is 2. The number of amides is 1. The number of hydrogen-bond acceptors (Lipinski definition) is 8. The van der Waals surface area contributed by atoms with Gasteiger partial charge in [-0.25, -0.2) is 4.39 Å². The van der Waals surface area contributed by atoms with Gasteiger partial charge < -0.3 is 26.2 Å². The molecule has 0 radical (unpaired) electrons. The smallest absolute Gasteiger partial charge is 0.252 e. The van der Waals surface area contributed by atoms with E-state index in [1.165, 1.54) is 6.07 Å². The fraction of sp³-hybridized carbons (Fsp3) is 0.533. The maximum Gasteiger partial charge on any atom is 0.252 e. The van der Waals surface area contributed by atoms with Crippen LogP contribution < -0.4 is 5.73 Å². The molecule has 0 saturated heterocycles. The normalized spacial score (nSPS) is 26.8. The minimum absolute atomic E-state index is 0.00848. The molecule has 40 heavy (non-hydrogen) atoms. The van der Waals surface area contributed by atoms with Gasteiger partial charge in [-0.3, -0.25) is 19.4 Å². The number of ketones is 1. The van der Waals surface area contributed by atoms with Crippen molar-refractivity contribution in [2.24, 2.45) is 23.0 Å². The van der Waals surface area contributed by atoms with Gasteiger partial charge in [0, 0.05) is 41.3 Å². The molecule has 0 bridgehead atoms. The Kier molecular flexibility index (Phi) is 7.45. The van der Waals surface area contributed by atoms with Gasteiger partial charge in [-0.05, 0) is 50.9 Å². The average molecular weight is 558 g/mol. The molecule has 6 N–H and O–H groups in total. The number of Topliss-reactive ketones (excluding diaryl/α,β-unsaturated/α-hetero) is 1. The second kappa shape index (κ2) is 10.0. The number of carbonyl (C=O) groups is 2. The number of nitrogens with zero attached hydrogens (tertiary/aromatic N) is 2. The first-order chi connectivity index (χ1) is 18.4. The number of primary amides is 1. The Hall–Kier alpha value is -3.21. The van der Waals surface area contributed by atoms with E-state index in [1.54, 1.807) is 19.0 Å². The quantitative estimate of drug-likeness (QED) is 0.359. The molecule has 0 spiro atoms. The van der Waals surface area contributed by atoms with Crippen LogP contribution in [0.1, 0.15) is 55.6 Å². The van der Waals surface area contributed by atoms with Gasteiger partial charge in [0.15, 0.2) is 11.4 Å². The highest BCUT2D eigenvalue weighted by Gasteiger charge is 2.60. The van der Waals surface area contributed by atoms with Gasteiger partial charge in [-0.15, -0.1) is 0 Å². The van der Waals surface area contributed by atoms with E-state index in [2.05, 4.69) is 32.3 Å². The first kappa shape index (κ1) is 29.8. The summed E-state index contributed by atoms with van der Waals surface area (Å²) in [7, 11) is 3.26. The minimum Gasteiger partial charge on any atom is -0.510 e. The van der Waals surface area contributed by atoms with Crippen molar-refractivity contribution in [1.29, 1.82) is 0 Å². The maximum absolute atomic E-state index is 16.0. The number of fused-ring (bicyclic) bond motifs is 3. The van der Waals surface area contributed by atoms with Crippen LogP contribution in [0.25, 0.3) is 0 Å². The van der Waals surface area contributed by atoms with Crippen molar-refractivity contribution < 1.29 is 34.4 Å². The number of benzene rings is 1. The predicted molar refractivity (Wildman–Crippen MR) is 148 cm³/mol.